The maximum atomic E-state index is 12.5. The van der Waals surface area contributed by atoms with Crippen LogP contribution in [0.3, 0.4) is 0 Å². The third kappa shape index (κ3) is 4.10. The molecule has 0 bridgehead atoms. The van der Waals surface area contributed by atoms with Gasteiger partial charge in [-0.15, -0.1) is 0 Å². The average molecular weight is 368 g/mol. The van der Waals surface area contributed by atoms with E-state index in [9.17, 15) is 9.67 Å². The van der Waals surface area contributed by atoms with Gasteiger partial charge >= 0.3 is 0 Å². The van der Waals surface area contributed by atoms with Crippen molar-refractivity contribution >= 4 is 31.0 Å². The summed E-state index contributed by atoms with van der Waals surface area (Å²) in [6.45, 7) is 3.28. The van der Waals surface area contributed by atoms with Crippen LogP contribution in [0.1, 0.15) is 11.4 Å². The highest BCUT2D eigenvalue weighted by Gasteiger charge is 2.28. The summed E-state index contributed by atoms with van der Waals surface area (Å²) in [6.07, 6.45) is 0. The fourth-order valence-electron chi connectivity index (χ4n) is 2.83. The minimum absolute atomic E-state index is 0.773. The number of hydrogen-bond acceptors (Lipinski definition) is 2. The molecule has 0 aromatic heterocycles. The highest BCUT2D eigenvalue weighted by atomic mass is 31.2. The van der Waals surface area contributed by atoms with Crippen LogP contribution in [0.2, 0.25) is 0 Å². The summed E-state index contributed by atoms with van der Waals surface area (Å²) >= 11 is 0. The van der Waals surface area contributed by atoms with Crippen LogP contribution in [0, 0.1) is 0 Å². The minimum atomic E-state index is -2.66. The lowest BCUT2D eigenvalue weighted by Gasteiger charge is -2.25. The van der Waals surface area contributed by atoms with E-state index in [-0.39, 0.29) is 0 Å². The molecule has 0 radical (unpaired) electrons. The Labute approximate surface area is 150 Å². The molecule has 3 aromatic carbocycles. The predicted octanol–water partition coefficient (Wildman–Crippen LogP) is 4.06. The maximum absolute atomic E-state index is 12.5. The lowest BCUT2D eigenvalue weighted by Crippen LogP contribution is -2.24. The third-order valence-electron chi connectivity index (χ3n) is 4.07. The molecule has 1 atom stereocenters. The summed E-state index contributed by atoms with van der Waals surface area (Å²) in [5.74, 6) is -0.943. The zero-order valence-electron chi connectivity index (χ0n) is 14.4. The smallest absolute Gasteiger partial charge is 0.132 e. The molecule has 0 aliphatic heterocycles. The first-order chi connectivity index (χ1) is 12.0. The maximum Gasteiger partial charge on any atom is 0.132 e. The van der Waals surface area contributed by atoms with Crippen LogP contribution in [0.25, 0.3) is 0 Å². The van der Waals surface area contributed by atoms with Gasteiger partial charge in [0.05, 0.1) is 0 Å². The van der Waals surface area contributed by atoms with Gasteiger partial charge in [-0.05, 0) is 42.7 Å². The summed E-state index contributed by atoms with van der Waals surface area (Å²) in [6, 6.07) is 28.5. The van der Waals surface area contributed by atoms with E-state index in [4.69, 9.17) is 0 Å². The molecule has 4 heteroatoms. The molecule has 0 aliphatic rings. The first-order valence-corrected chi connectivity index (χ1v) is 12.2. The van der Waals surface area contributed by atoms with Crippen LogP contribution in [0.4, 0.5) is 0 Å². The molecule has 25 heavy (non-hydrogen) atoms. The topological polar surface area (TPSA) is 37.3 Å². The van der Waals surface area contributed by atoms with Crippen LogP contribution >= 0.6 is 15.1 Å². The molecule has 0 heterocycles. The van der Waals surface area contributed by atoms with Crippen molar-refractivity contribution in [1.82, 2.24) is 0 Å². The number of rotatable bonds is 5. The van der Waals surface area contributed by atoms with Crippen molar-refractivity contribution in [3.63, 3.8) is 0 Å². The third-order valence-corrected chi connectivity index (χ3v) is 8.05. The van der Waals surface area contributed by atoms with Crippen LogP contribution in [-0.2, 0) is 4.57 Å². The summed E-state index contributed by atoms with van der Waals surface area (Å²) in [5.41, 5.74) is 0.773. The van der Waals surface area contributed by atoms with Crippen LogP contribution in [0.15, 0.2) is 84.9 Å². The Morgan fingerprint density at radius 2 is 1.20 bits per heavy atom. The summed E-state index contributed by atoms with van der Waals surface area (Å²) < 4.78 is 12.5. The summed E-state index contributed by atoms with van der Waals surface area (Å²) in [7, 11) is -3.49. The lowest BCUT2D eigenvalue weighted by molar-refractivity contribution is 0.256. The zero-order valence-corrected chi connectivity index (χ0v) is 16.2. The normalized spacial score (nSPS) is 13.0. The molecule has 128 valence electrons. The van der Waals surface area contributed by atoms with Crippen molar-refractivity contribution in [2.75, 3.05) is 13.3 Å². The quantitative estimate of drug-likeness (QED) is 0.690. The van der Waals surface area contributed by atoms with Gasteiger partial charge in [0, 0.05) is 0 Å². The van der Waals surface area contributed by atoms with Gasteiger partial charge in [0.2, 0.25) is 0 Å². The molecule has 0 saturated heterocycles. The van der Waals surface area contributed by atoms with E-state index in [2.05, 4.69) is 30.3 Å². The van der Waals surface area contributed by atoms with Gasteiger partial charge < -0.3 is 9.67 Å². The van der Waals surface area contributed by atoms with Gasteiger partial charge in [0.15, 0.2) is 0 Å². The van der Waals surface area contributed by atoms with Gasteiger partial charge in [-0.25, -0.2) is 0 Å². The number of aliphatic hydroxyl groups is 1. The molecule has 2 nitrogen and oxygen atoms in total. The molecule has 0 amide bonds. The molecular weight excluding hydrogens is 346 g/mol. The Morgan fingerprint density at radius 3 is 1.68 bits per heavy atom. The van der Waals surface area contributed by atoms with Crippen molar-refractivity contribution in [3.05, 3.63) is 90.5 Å². The Balaban J connectivity index is 2.21. The van der Waals surface area contributed by atoms with Crippen molar-refractivity contribution < 1.29 is 9.67 Å². The van der Waals surface area contributed by atoms with Crippen molar-refractivity contribution in [2.45, 2.75) is 5.85 Å². The molecule has 0 spiro atoms. The molecule has 1 unspecified atom stereocenters. The Morgan fingerprint density at radius 1 is 0.760 bits per heavy atom. The van der Waals surface area contributed by atoms with Crippen LogP contribution in [0.5, 0.6) is 0 Å². The van der Waals surface area contributed by atoms with Crippen molar-refractivity contribution in [2.24, 2.45) is 0 Å². The molecule has 0 fully saturated rings. The van der Waals surface area contributed by atoms with Crippen LogP contribution in [-0.4, -0.2) is 18.4 Å². The van der Waals surface area contributed by atoms with Gasteiger partial charge in [0.1, 0.15) is 13.0 Å². The minimum Gasteiger partial charge on any atom is -0.381 e. The van der Waals surface area contributed by atoms with Crippen LogP contribution < -0.4 is 15.9 Å². The number of aliphatic hydroxyl groups excluding tert-OH is 1. The second-order valence-electron chi connectivity index (χ2n) is 6.37. The van der Waals surface area contributed by atoms with E-state index in [0.29, 0.717) is 0 Å². The van der Waals surface area contributed by atoms with E-state index in [1.165, 1.54) is 10.6 Å². The van der Waals surface area contributed by atoms with E-state index in [0.717, 1.165) is 10.9 Å². The molecule has 0 saturated carbocycles. The first kappa shape index (κ1) is 18.1. The Bertz CT molecular complexity index is 833. The van der Waals surface area contributed by atoms with Crippen molar-refractivity contribution in [1.29, 1.82) is 0 Å². The molecule has 3 aromatic rings. The van der Waals surface area contributed by atoms with Gasteiger partial charge in [-0.3, -0.25) is 0 Å². The van der Waals surface area contributed by atoms with E-state index in [1.54, 1.807) is 13.3 Å². The molecule has 3 rings (SSSR count). The standard InChI is InChI=1S/C21H22O2P2/c1-25(2,23)21(22)19-15-9-10-16-20(19)24(17-11-5-3-6-12-17)18-13-7-4-8-14-18/h3-16,21-22H,1-2H3. The zero-order chi connectivity index (χ0) is 17.9. The monoisotopic (exact) mass is 368 g/mol. The second kappa shape index (κ2) is 7.67. The average Bonchev–Trinajstić information content (AvgIpc) is 2.63. The van der Waals surface area contributed by atoms with E-state index in [1.807, 2.05) is 54.6 Å². The summed E-state index contributed by atoms with van der Waals surface area (Å²) in [4.78, 5) is 0. The fraction of sp³-hybridized carbons (Fsp3) is 0.143. The van der Waals surface area contributed by atoms with Gasteiger partial charge in [-0.2, -0.15) is 0 Å². The largest absolute Gasteiger partial charge is 0.381 e. The SMILES string of the molecule is CP(C)(=O)C(O)c1ccccc1P(c1ccccc1)c1ccccc1. The molecular formula is C21H22O2P2. The van der Waals surface area contributed by atoms with E-state index < -0.39 is 20.9 Å². The summed E-state index contributed by atoms with van der Waals surface area (Å²) in [5, 5.41) is 14.2. The fourth-order valence-corrected chi connectivity index (χ4v) is 6.31. The van der Waals surface area contributed by atoms with Gasteiger partial charge in [0.25, 0.3) is 0 Å². The Hall–Kier alpha value is -1.72. The van der Waals surface area contributed by atoms with E-state index >= 15 is 0 Å². The molecule has 1 N–H and O–H groups in total. The predicted molar refractivity (Wildman–Crippen MR) is 110 cm³/mol. The number of benzene rings is 3. The Kier molecular flexibility index (Phi) is 5.54. The van der Waals surface area contributed by atoms with Crippen molar-refractivity contribution in [3.8, 4) is 0 Å². The second-order valence-corrected chi connectivity index (χ2v) is 11.9. The molecule has 0 aliphatic carbocycles. The highest BCUT2D eigenvalue weighted by molar-refractivity contribution is 7.80. The van der Waals surface area contributed by atoms with Gasteiger partial charge in [-0.1, -0.05) is 84.9 Å². The first-order valence-electron chi connectivity index (χ1n) is 8.20. The number of hydrogen-bond donors (Lipinski definition) is 1. The lowest BCUT2D eigenvalue weighted by atomic mass is 10.2. The highest BCUT2D eigenvalue weighted by Crippen LogP contribution is 2.52.